The van der Waals surface area contributed by atoms with Gasteiger partial charge in [-0.15, -0.1) is 0 Å². The fourth-order valence-corrected chi connectivity index (χ4v) is 3.29. The van der Waals surface area contributed by atoms with Crippen molar-refractivity contribution in [2.45, 2.75) is 6.92 Å². The smallest absolute Gasteiger partial charge is 0.325 e. The largest absolute Gasteiger partial charge is 0.468 e. The third-order valence-corrected chi connectivity index (χ3v) is 4.88. The van der Waals surface area contributed by atoms with Gasteiger partial charge in [0, 0.05) is 10.9 Å². The quantitative estimate of drug-likeness (QED) is 0.542. The molecule has 0 radical (unpaired) electrons. The second kappa shape index (κ2) is 7.67. The first-order chi connectivity index (χ1) is 14.1. The van der Waals surface area contributed by atoms with Crippen LogP contribution in [0.15, 0.2) is 60.8 Å². The van der Waals surface area contributed by atoms with Crippen LogP contribution < -0.4 is 5.32 Å². The van der Waals surface area contributed by atoms with E-state index < -0.39 is 11.9 Å². The number of nitrogens with zero attached hydrogens (tertiary/aromatic N) is 2. The van der Waals surface area contributed by atoms with Crippen LogP contribution in [0.1, 0.15) is 16.1 Å². The predicted molar refractivity (Wildman–Crippen MR) is 112 cm³/mol. The predicted octanol–water partition coefficient (Wildman–Crippen LogP) is 3.66. The number of fused-ring (bicyclic) bond motifs is 2. The average Bonchev–Trinajstić information content (AvgIpc) is 2.76. The fourth-order valence-electron chi connectivity index (χ4n) is 3.29. The summed E-state index contributed by atoms with van der Waals surface area (Å²) in [7, 11) is 1.27. The molecule has 6 nitrogen and oxygen atoms in total. The van der Waals surface area contributed by atoms with Gasteiger partial charge in [0.25, 0.3) is 5.91 Å². The van der Waals surface area contributed by atoms with Crippen LogP contribution in [0.4, 0.5) is 0 Å². The minimum atomic E-state index is -0.515. The Morgan fingerprint density at radius 3 is 2.62 bits per heavy atom. The van der Waals surface area contributed by atoms with Gasteiger partial charge in [0.15, 0.2) is 0 Å². The van der Waals surface area contributed by atoms with Crippen LogP contribution in [0.5, 0.6) is 0 Å². The first-order valence-corrected chi connectivity index (χ1v) is 9.17. The molecule has 2 aromatic heterocycles. The zero-order valence-electron chi connectivity index (χ0n) is 16.1. The Labute approximate surface area is 167 Å². The van der Waals surface area contributed by atoms with Crippen LogP contribution in [0, 0.1) is 6.92 Å². The third kappa shape index (κ3) is 3.65. The van der Waals surface area contributed by atoms with Crippen LogP contribution in [-0.4, -0.2) is 35.5 Å². The molecule has 0 bridgehead atoms. The number of carbonyl (C=O) groups excluding carboxylic acids is 2. The maximum atomic E-state index is 12.3. The summed E-state index contributed by atoms with van der Waals surface area (Å²) in [5, 5.41) is 5.68. The number of nitrogens with one attached hydrogen (secondary N) is 1. The number of methoxy groups -OCH3 is 1. The van der Waals surface area contributed by atoms with Crippen molar-refractivity contribution in [1.29, 1.82) is 0 Å². The van der Waals surface area contributed by atoms with Crippen molar-refractivity contribution < 1.29 is 14.3 Å². The van der Waals surface area contributed by atoms with Crippen LogP contribution >= 0.6 is 0 Å². The highest BCUT2D eigenvalue weighted by Crippen LogP contribution is 2.26. The molecule has 0 fully saturated rings. The van der Waals surface area contributed by atoms with E-state index in [2.05, 4.69) is 39.3 Å². The van der Waals surface area contributed by atoms with Crippen LogP contribution in [-0.2, 0) is 9.53 Å². The molecular weight excluding hydrogens is 366 g/mol. The highest BCUT2D eigenvalue weighted by molar-refractivity contribution is 6.00. The van der Waals surface area contributed by atoms with Gasteiger partial charge in [0.05, 0.1) is 24.5 Å². The Kier molecular flexibility index (Phi) is 4.91. The van der Waals surface area contributed by atoms with Gasteiger partial charge in [0.2, 0.25) is 0 Å². The van der Waals surface area contributed by atoms with Gasteiger partial charge >= 0.3 is 5.97 Å². The number of esters is 1. The van der Waals surface area contributed by atoms with Gasteiger partial charge < -0.3 is 10.1 Å². The van der Waals surface area contributed by atoms with Gasteiger partial charge in [0.1, 0.15) is 12.2 Å². The molecule has 0 aliphatic rings. The number of aryl methyl sites for hydroxylation is 1. The maximum absolute atomic E-state index is 12.3. The molecule has 2 heterocycles. The molecule has 1 amide bonds. The standard InChI is InChI=1S/C23H19N3O3/c1-14-18-9-10-19(17-8-7-15-5-3-4-6-16(15)11-17)26-20(18)12-24-22(14)23(28)25-13-21(27)29-2/h3-12H,13H2,1-2H3,(H,25,28). The van der Waals surface area contributed by atoms with E-state index in [4.69, 9.17) is 4.98 Å². The van der Waals surface area contributed by atoms with Gasteiger partial charge in [-0.3, -0.25) is 9.59 Å². The number of rotatable bonds is 4. The molecule has 6 heteroatoms. The zero-order chi connectivity index (χ0) is 20.4. The molecule has 0 aliphatic heterocycles. The normalized spacial score (nSPS) is 10.8. The second-order valence-electron chi connectivity index (χ2n) is 6.68. The average molecular weight is 385 g/mol. The fraction of sp³-hybridized carbons (Fsp3) is 0.130. The van der Waals surface area contributed by atoms with E-state index in [1.54, 1.807) is 6.20 Å². The summed E-state index contributed by atoms with van der Waals surface area (Å²) in [6.07, 6.45) is 1.58. The van der Waals surface area contributed by atoms with E-state index in [-0.39, 0.29) is 12.2 Å². The zero-order valence-corrected chi connectivity index (χ0v) is 16.1. The third-order valence-electron chi connectivity index (χ3n) is 4.88. The van der Waals surface area contributed by atoms with Crippen molar-refractivity contribution >= 4 is 33.6 Å². The Morgan fingerprint density at radius 2 is 1.83 bits per heavy atom. The van der Waals surface area contributed by atoms with Crippen molar-refractivity contribution in [2.24, 2.45) is 0 Å². The topological polar surface area (TPSA) is 81.2 Å². The highest BCUT2D eigenvalue weighted by Gasteiger charge is 2.15. The lowest BCUT2D eigenvalue weighted by atomic mass is 10.0. The van der Waals surface area contributed by atoms with E-state index >= 15 is 0 Å². The van der Waals surface area contributed by atoms with E-state index in [1.807, 2.05) is 37.3 Å². The molecule has 0 aliphatic carbocycles. The molecule has 144 valence electrons. The summed E-state index contributed by atoms with van der Waals surface area (Å²) in [6.45, 7) is 1.62. The Morgan fingerprint density at radius 1 is 1.03 bits per heavy atom. The van der Waals surface area contributed by atoms with Gasteiger partial charge in [-0.25, -0.2) is 9.97 Å². The highest BCUT2D eigenvalue weighted by atomic mass is 16.5. The molecule has 0 spiro atoms. The van der Waals surface area contributed by atoms with E-state index in [9.17, 15) is 9.59 Å². The molecule has 4 aromatic rings. The van der Waals surface area contributed by atoms with E-state index in [0.29, 0.717) is 11.1 Å². The SMILES string of the molecule is COC(=O)CNC(=O)c1ncc2nc(-c3ccc4ccccc4c3)ccc2c1C. The van der Waals surface area contributed by atoms with Crippen molar-refractivity contribution in [2.75, 3.05) is 13.7 Å². The summed E-state index contributed by atoms with van der Waals surface area (Å²) >= 11 is 0. The minimum absolute atomic E-state index is 0.201. The van der Waals surface area contributed by atoms with Gasteiger partial charge in [-0.2, -0.15) is 0 Å². The summed E-state index contributed by atoms with van der Waals surface area (Å²) in [5.74, 6) is -0.938. The molecule has 0 unspecified atom stereocenters. The van der Waals surface area contributed by atoms with E-state index in [0.717, 1.165) is 22.0 Å². The van der Waals surface area contributed by atoms with Crippen molar-refractivity contribution in [3.05, 3.63) is 72.1 Å². The van der Waals surface area contributed by atoms with Crippen molar-refractivity contribution in [3.63, 3.8) is 0 Å². The first kappa shape index (κ1) is 18.6. The lowest BCUT2D eigenvalue weighted by molar-refractivity contribution is -0.139. The summed E-state index contributed by atoms with van der Waals surface area (Å²) in [6, 6.07) is 18.3. The first-order valence-electron chi connectivity index (χ1n) is 9.17. The maximum Gasteiger partial charge on any atom is 0.325 e. The number of benzene rings is 2. The molecule has 0 saturated carbocycles. The number of aromatic nitrogens is 2. The van der Waals surface area contributed by atoms with Crippen LogP contribution in [0.25, 0.3) is 32.9 Å². The van der Waals surface area contributed by atoms with Gasteiger partial charge in [-0.05, 0) is 35.4 Å². The number of pyridine rings is 2. The Balaban J connectivity index is 1.68. The van der Waals surface area contributed by atoms with Crippen molar-refractivity contribution in [1.82, 2.24) is 15.3 Å². The Bertz CT molecular complexity index is 1250. The molecule has 0 atom stereocenters. The van der Waals surface area contributed by atoms with Crippen molar-refractivity contribution in [3.8, 4) is 11.3 Å². The number of carbonyl (C=O) groups is 2. The number of hydrogen-bond donors (Lipinski definition) is 1. The minimum Gasteiger partial charge on any atom is -0.468 e. The second-order valence-corrected chi connectivity index (χ2v) is 6.68. The van der Waals surface area contributed by atoms with E-state index in [1.165, 1.54) is 12.5 Å². The lowest BCUT2D eigenvalue weighted by Gasteiger charge is -2.10. The molecule has 0 saturated heterocycles. The Hall–Kier alpha value is -3.80. The summed E-state index contributed by atoms with van der Waals surface area (Å²) in [5.41, 5.74) is 3.54. The molecule has 1 N–H and O–H groups in total. The monoisotopic (exact) mass is 385 g/mol. The number of amides is 1. The summed E-state index contributed by atoms with van der Waals surface area (Å²) < 4.78 is 4.53. The molecule has 2 aromatic carbocycles. The summed E-state index contributed by atoms with van der Waals surface area (Å²) in [4.78, 5) is 32.6. The molecule has 29 heavy (non-hydrogen) atoms. The molecular formula is C23H19N3O3. The van der Waals surface area contributed by atoms with Crippen LogP contribution in [0.3, 0.4) is 0 Å². The number of hydrogen-bond acceptors (Lipinski definition) is 5. The lowest BCUT2D eigenvalue weighted by Crippen LogP contribution is -2.31. The van der Waals surface area contributed by atoms with Crippen LogP contribution in [0.2, 0.25) is 0 Å². The number of ether oxygens (including phenoxy) is 1. The van der Waals surface area contributed by atoms with Gasteiger partial charge in [-0.1, -0.05) is 42.5 Å². The molecule has 4 rings (SSSR count).